The SMILES string of the molecule is CCNC(=NCc1ccc(Br)c(F)c1)NCC. The monoisotopic (exact) mass is 301 g/mol. The molecule has 0 amide bonds. The molecule has 0 spiro atoms. The van der Waals surface area contributed by atoms with Crippen LogP contribution >= 0.6 is 15.9 Å². The Morgan fingerprint density at radius 3 is 2.47 bits per heavy atom. The van der Waals surface area contributed by atoms with E-state index in [2.05, 4.69) is 31.6 Å². The lowest BCUT2D eigenvalue weighted by Gasteiger charge is -2.09. The molecule has 0 atom stereocenters. The number of hydrogen-bond donors (Lipinski definition) is 2. The smallest absolute Gasteiger partial charge is 0.191 e. The Labute approximate surface area is 110 Å². The van der Waals surface area contributed by atoms with E-state index in [4.69, 9.17) is 0 Å². The number of guanidine groups is 1. The van der Waals surface area contributed by atoms with Gasteiger partial charge in [-0.15, -0.1) is 0 Å². The Balaban J connectivity index is 2.68. The largest absolute Gasteiger partial charge is 0.357 e. The van der Waals surface area contributed by atoms with E-state index < -0.39 is 0 Å². The summed E-state index contributed by atoms with van der Waals surface area (Å²) < 4.78 is 13.7. The van der Waals surface area contributed by atoms with Gasteiger partial charge in [0.15, 0.2) is 5.96 Å². The molecule has 0 aliphatic heterocycles. The van der Waals surface area contributed by atoms with Crippen LogP contribution < -0.4 is 10.6 Å². The van der Waals surface area contributed by atoms with Crippen LogP contribution in [0.15, 0.2) is 27.7 Å². The van der Waals surface area contributed by atoms with E-state index in [-0.39, 0.29) is 5.82 Å². The number of rotatable bonds is 4. The molecule has 0 aromatic heterocycles. The van der Waals surface area contributed by atoms with Crippen LogP contribution in [-0.2, 0) is 6.54 Å². The van der Waals surface area contributed by atoms with Crippen LogP contribution in [-0.4, -0.2) is 19.0 Å². The Morgan fingerprint density at radius 2 is 1.94 bits per heavy atom. The molecule has 0 bridgehead atoms. The van der Waals surface area contributed by atoms with Gasteiger partial charge in [0.2, 0.25) is 0 Å². The number of hydrogen-bond acceptors (Lipinski definition) is 1. The second-order valence-electron chi connectivity index (χ2n) is 3.47. The molecule has 17 heavy (non-hydrogen) atoms. The van der Waals surface area contributed by atoms with Gasteiger partial charge in [0, 0.05) is 13.1 Å². The van der Waals surface area contributed by atoms with Crippen molar-refractivity contribution in [2.75, 3.05) is 13.1 Å². The molecule has 1 rings (SSSR count). The third kappa shape index (κ3) is 4.73. The minimum absolute atomic E-state index is 0.258. The zero-order chi connectivity index (χ0) is 12.7. The molecule has 94 valence electrons. The van der Waals surface area contributed by atoms with Crippen molar-refractivity contribution < 1.29 is 4.39 Å². The average molecular weight is 302 g/mol. The summed E-state index contributed by atoms with van der Waals surface area (Å²) in [5.74, 6) is 0.490. The lowest BCUT2D eigenvalue weighted by atomic mass is 10.2. The number of benzene rings is 1. The van der Waals surface area contributed by atoms with Gasteiger partial charge in [-0.2, -0.15) is 0 Å². The van der Waals surface area contributed by atoms with Crippen molar-refractivity contribution in [3.8, 4) is 0 Å². The summed E-state index contributed by atoms with van der Waals surface area (Å²) in [6, 6.07) is 5.04. The molecular formula is C12H17BrFN3. The van der Waals surface area contributed by atoms with Crippen molar-refractivity contribution in [1.29, 1.82) is 0 Å². The van der Waals surface area contributed by atoms with Crippen molar-refractivity contribution in [3.05, 3.63) is 34.1 Å². The topological polar surface area (TPSA) is 36.4 Å². The van der Waals surface area contributed by atoms with Crippen LogP contribution in [0.1, 0.15) is 19.4 Å². The zero-order valence-electron chi connectivity index (χ0n) is 10.1. The Kier molecular flexibility index (Phi) is 5.97. The van der Waals surface area contributed by atoms with Gasteiger partial charge in [-0.25, -0.2) is 9.38 Å². The maximum absolute atomic E-state index is 13.3. The van der Waals surface area contributed by atoms with Crippen molar-refractivity contribution in [2.45, 2.75) is 20.4 Å². The van der Waals surface area contributed by atoms with Gasteiger partial charge in [0.1, 0.15) is 5.82 Å². The van der Waals surface area contributed by atoms with E-state index >= 15 is 0 Å². The molecule has 0 saturated carbocycles. The van der Waals surface area contributed by atoms with Crippen molar-refractivity contribution in [1.82, 2.24) is 10.6 Å². The minimum Gasteiger partial charge on any atom is -0.357 e. The molecule has 0 saturated heterocycles. The van der Waals surface area contributed by atoms with Crippen LogP contribution in [0.25, 0.3) is 0 Å². The number of aliphatic imine (C=N–C) groups is 1. The van der Waals surface area contributed by atoms with Gasteiger partial charge in [0.25, 0.3) is 0 Å². The molecule has 1 aromatic rings. The molecule has 1 aromatic carbocycles. The number of halogens is 2. The first-order valence-electron chi connectivity index (χ1n) is 5.63. The minimum atomic E-state index is -0.258. The summed E-state index contributed by atoms with van der Waals surface area (Å²) in [5, 5.41) is 6.23. The third-order valence-corrected chi connectivity index (χ3v) is 2.74. The van der Waals surface area contributed by atoms with E-state index in [0.717, 1.165) is 24.6 Å². The molecule has 0 aliphatic rings. The lowest BCUT2D eigenvalue weighted by molar-refractivity contribution is 0.618. The van der Waals surface area contributed by atoms with Crippen molar-refractivity contribution >= 4 is 21.9 Å². The maximum Gasteiger partial charge on any atom is 0.191 e. The third-order valence-electron chi connectivity index (χ3n) is 2.09. The highest BCUT2D eigenvalue weighted by Gasteiger charge is 2.00. The first-order valence-corrected chi connectivity index (χ1v) is 6.42. The fourth-order valence-electron chi connectivity index (χ4n) is 1.32. The summed E-state index contributed by atoms with van der Waals surface area (Å²) in [6.07, 6.45) is 0. The standard InChI is InChI=1S/C12H17BrFN3/c1-3-15-12(16-4-2)17-8-9-5-6-10(13)11(14)7-9/h5-7H,3-4,8H2,1-2H3,(H2,15,16,17). The predicted octanol–water partition coefficient (Wildman–Crippen LogP) is 2.66. The van der Waals surface area contributed by atoms with Gasteiger partial charge >= 0.3 is 0 Å². The normalized spacial score (nSPS) is 9.88. The van der Waals surface area contributed by atoms with Gasteiger partial charge in [0.05, 0.1) is 11.0 Å². The highest BCUT2D eigenvalue weighted by Crippen LogP contribution is 2.16. The molecule has 0 aliphatic carbocycles. The summed E-state index contributed by atoms with van der Waals surface area (Å²) in [6.45, 7) is 6.08. The average Bonchev–Trinajstić information content (AvgIpc) is 2.31. The molecule has 2 N–H and O–H groups in total. The van der Waals surface area contributed by atoms with Crippen LogP contribution in [0.5, 0.6) is 0 Å². The van der Waals surface area contributed by atoms with E-state index in [0.29, 0.717) is 11.0 Å². The van der Waals surface area contributed by atoms with Gasteiger partial charge in [-0.05, 0) is 47.5 Å². The van der Waals surface area contributed by atoms with E-state index in [9.17, 15) is 4.39 Å². The molecule has 5 heteroatoms. The molecule has 0 unspecified atom stereocenters. The molecular weight excluding hydrogens is 285 g/mol. The first kappa shape index (κ1) is 14.0. The van der Waals surface area contributed by atoms with Crippen molar-refractivity contribution in [3.63, 3.8) is 0 Å². The summed E-state index contributed by atoms with van der Waals surface area (Å²) in [7, 11) is 0. The first-order chi connectivity index (χ1) is 8.17. The maximum atomic E-state index is 13.3. The zero-order valence-corrected chi connectivity index (χ0v) is 11.6. The van der Waals surface area contributed by atoms with Crippen molar-refractivity contribution in [2.24, 2.45) is 4.99 Å². The fourth-order valence-corrected chi connectivity index (χ4v) is 1.56. The van der Waals surface area contributed by atoms with E-state index in [1.807, 2.05) is 19.9 Å². The fraction of sp³-hybridized carbons (Fsp3) is 0.417. The lowest BCUT2D eigenvalue weighted by Crippen LogP contribution is -2.36. The quantitative estimate of drug-likeness (QED) is 0.663. The van der Waals surface area contributed by atoms with Crippen LogP contribution in [0.2, 0.25) is 0 Å². The Hall–Kier alpha value is -1.10. The summed E-state index contributed by atoms with van der Waals surface area (Å²) in [4.78, 5) is 4.36. The second kappa shape index (κ2) is 7.27. The number of nitrogens with one attached hydrogen (secondary N) is 2. The van der Waals surface area contributed by atoms with Crippen LogP contribution in [0.3, 0.4) is 0 Å². The highest BCUT2D eigenvalue weighted by atomic mass is 79.9. The Bertz CT molecular complexity index is 385. The van der Waals surface area contributed by atoms with Gasteiger partial charge < -0.3 is 10.6 Å². The molecule has 0 heterocycles. The van der Waals surface area contributed by atoms with Crippen LogP contribution in [0.4, 0.5) is 4.39 Å². The number of nitrogens with zero attached hydrogens (tertiary/aromatic N) is 1. The highest BCUT2D eigenvalue weighted by molar-refractivity contribution is 9.10. The van der Waals surface area contributed by atoms with Gasteiger partial charge in [-0.1, -0.05) is 6.07 Å². The molecule has 0 radical (unpaired) electrons. The van der Waals surface area contributed by atoms with E-state index in [1.54, 1.807) is 6.07 Å². The molecule has 3 nitrogen and oxygen atoms in total. The Morgan fingerprint density at radius 1 is 1.29 bits per heavy atom. The summed E-state index contributed by atoms with van der Waals surface area (Å²) >= 11 is 3.12. The summed E-state index contributed by atoms with van der Waals surface area (Å²) in [5.41, 5.74) is 0.846. The molecule has 0 fully saturated rings. The van der Waals surface area contributed by atoms with E-state index in [1.165, 1.54) is 6.07 Å². The van der Waals surface area contributed by atoms with Crippen LogP contribution in [0, 0.1) is 5.82 Å². The predicted molar refractivity (Wildman–Crippen MR) is 72.6 cm³/mol. The van der Waals surface area contributed by atoms with Gasteiger partial charge in [-0.3, -0.25) is 0 Å². The second-order valence-corrected chi connectivity index (χ2v) is 4.33.